The van der Waals surface area contributed by atoms with E-state index in [1.165, 1.54) is 30.2 Å². The van der Waals surface area contributed by atoms with Crippen molar-refractivity contribution in [1.29, 1.82) is 0 Å². The van der Waals surface area contributed by atoms with E-state index in [9.17, 15) is 0 Å². The normalized spacial score (nSPS) is 11.9. The van der Waals surface area contributed by atoms with E-state index in [-0.39, 0.29) is 0 Å². The molecule has 4 aromatic rings. The van der Waals surface area contributed by atoms with Crippen molar-refractivity contribution >= 4 is 53.9 Å². The fourth-order valence-electron chi connectivity index (χ4n) is 2.49. The molecule has 0 aliphatic heterocycles. The van der Waals surface area contributed by atoms with E-state index in [4.69, 9.17) is 0 Å². The minimum Gasteiger partial charge on any atom is -0.241 e. The van der Waals surface area contributed by atoms with E-state index in [1.54, 1.807) is 22.7 Å². The first-order chi connectivity index (χ1) is 9.76. The Morgan fingerprint density at radius 2 is 1.20 bits per heavy atom. The van der Waals surface area contributed by atoms with Crippen molar-refractivity contribution in [2.45, 2.75) is 26.7 Å². The monoisotopic (exact) mass is 298 g/mol. The predicted molar refractivity (Wildman–Crippen MR) is 89.1 cm³/mol. The first kappa shape index (κ1) is 12.2. The van der Waals surface area contributed by atoms with Crippen LogP contribution in [0, 0.1) is 0 Å². The van der Waals surface area contributed by atoms with E-state index in [1.807, 2.05) is 0 Å². The number of aryl methyl sites for hydroxylation is 2. The molecule has 0 bridgehead atoms. The van der Waals surface area contributed by atoms with Gasteiger partial charge < -0.3 is 0 Å². The molecule has 20 heavy (non-hydrogen) atoms. The van der Waals surface area contributed by atoms with Crippen LogP contribution in [0.1, 0.15) is 23.9 Å². The molecule has 0 atom stereocenters. The minimum absolute atomic E-state index is 1.01. The van der Waals surface area contributed by atoms with Gasteiger partial charge in [-0.15, -0.1) is 22.7 Å². The molecule has 0 fully saturated rings. The lowest BCUT2D eigenvalue weighted by Crippen LogP contribution is -1.77. The van der Waals surface area contributed by atoms with E-state index < -0.39 is 0 Å². The van der Waals surface area contributed by atoms with Crippen LogP contribution in [0.2, 0.25) is 0 Å². The van der Waals surface area contributed by atoms with E-state index in [0.29, 0.717) is 0 Å². The molecule has 4 rings (SSSR count). The lowest BCUT2D eigenvalue weighted by molar-refractivity contribution is 1.11. The maximum atomic E-state index is 4.69. The van der Waals surface area contributed by atoms with Crippen LogP contribution in [0.25, 0.3) is 31.2 Å². The third-order valence-corrected chi connectivity index (χ3v) is 5.87. The van der Waals surface area contributed by atoms with Gasteiger partial charge in [0.15, 0.2) is 0 Å². The molecule has 2 aromatic heterocycles. The van der Waals surface area contributed by atoms with Gasteiger partial charge in [-0.1, -0.05) is 13.8 Å². The van der Waals surface area contributed by atoms with Gasteiger partial charge in [-0.05, 0) is 47.9 Å². The number of aromatic nitrogens is 2. The number of hydrogen-bond donors (Lipinski definition) is 0. The number of benzene rings is 2. The first-order valence-electron chi connectivity index (χ1n) is 6.89. The maximum absolute atomic E-state index is 4.69. The Bertz CT molecular complexity index is 790. The summed E-state index contributed by atoms with van der Waals surface area (Å²) in [5, 5.41) is 4.96. The highest BCUT2D eigenvalue weighted by Gasteiger charge is 2.08. The Morgan fingerprint density at radius 1 is 0.750 bits per heavy atom. The molecule has 2 heterocycles. The summed E-state index contributed by atoms with van der Waals surface area (Å²) in [6, 6.07) is 8.94. The molecule has 0 N–H and O–H groups in total. The molecule has 0 unspecified atom stereocenters. The number of thiazole rings is 2. The Hall–Kier alpha value is -1.52. The average Bonchev–Trinajstić information content (AvgIpc) is 3.04. The van der Waals surface area contributed by atoms with Crippen LogP contribution in [0.3, 0.4) is 0 Å². The summed E-state index contributed by atoms with van der Waals surface area (Å²) in [7, 11) is 0. The molecular weight excluding hydrogens is 284 g/mol. The van der Waals surface area contributed by atoms with Crippen LogP contribution in [0.15, 0.2) is 24.3 Å². The first-order valence-corrected chi connectivity index (χ1v) is 8.52. The third-order valence-electron chi connectivity index (χ3n) is 3.55. The van der Waals surface area contributed by atoms with Crippen LogP contribution in [0.4, 0.5) is 0 Å². The Labute approximate surface area is 125 Å². The standard InChI is InChI=1S/C16H14N2S2/c1-3-15-17-11-5-9-8-14-12(18-16(4-2)20-14)6-10(9)7-13(11)19-15/h5-8H,3-4H2,1-2H3. The Kier molecular flexibility index (Phi) is 2.75. The van der Waals surface area contributed by atoms with Crippen molar-refractivity contribution in [2.75, 3.05) is 0 Å². The van der Waals surface area contributed by atoms with Crippen molar-refractivity contribution in [2.24, 2.45) is 0 Å². The molecular formula is C16H14N2S2. The topological polar surface area (TPSA) is 25.8 Å². The van der Waals surface area contributed by atoms with Gasteiger partial charge in [0, 0.05) is 0 Å². The highest BCUT2D eigenvalue weighted by molar-refractivity contribution is 7.19. The molecule has 2 aromatic carbocycles. The Morgan fingerprint density at radius 3 is 1.60 bits per heavy atom. The molecule has 4 heteroatoms. The van der Waals surface area contributed by atoms with Crippen molar-refractivity contribution in [3.05, 3.63) is 34.3 Å². The summed E-state index contributed by atoms with van der Waals surface area (Å²) in [4.78, 5) is 9.38. The minimum atomic E-state index is 1.01. The summed E-state index contributed by atoms with van der Waals surface area (Å²) in [6.45, 7) is 4.31. The lowest BCUT2D eigenvalue weighted by Gasteiger charge is -1.97. The molecule has 0 radical (unpaired) electrons. The molecule has 2 nitrogen and oxygen atoms in total. The van der Waals surface area contributed by atoms with E-state index in [0.717, 1.165) is 23.9 Å². The smallest absolute Gasteiger partial charge is 0.0935 e. The van der Waals surface area contributed by atoms with Crippen LogP contribution >= 0.6 is 22.7 Å². The average molecular weight is 298 g/mol. The molecule has 0 saturated heterocycles. The van der Waals surface area contributed by atoms with Gasteiger partial charge in [-0.3, -0.25) is 0 Å². The van der Waals surface area contributed by atoms with Crippen molar-refractivity contribution in [1.82, 2.24) is 9.97 Å². The second-order valence-corrected chi connectivity index (χ2v) is 7.14. The zero-order valence-corrected chi connectivity index (χ0v) is 13.1. The number of fused-ring (bicyclic) bond motifs is 3. The van der Waals surface area contributed by atoms with E-state index in [2.05, 4.69) is 48.1 Å². The molecule has 0 aliphatic rings. The summed E-state index contributed by atoms with van der Waals surface area (Å²) in [5.74, 6) is 0. The Balaban J connectivity index is 2.04. The maximum Gasteiger partial charge on any atom is 0.0935 e. The van der Waals surface area contributed by atoms with Crippen LogP contribution in [0.5, 0.6) is 0 Å². The van der Waals surface area contributed by atoms with Gasteiger partial charge in [0.2, 0.25) is 0 Å². The fourth-order valence-corrected chi connectivity index (χ4v) is 4.37. The van der Waals surface area contributed by atoms with Crippen LogP contribution in [-0.4, -0.2) is 9.97 Å². The summed E-state index contributed by atoms with van der Waals surface area (Å²) in [6.07, 6.45) is 2.01. The lowest BCUT2D eigenvalue weighted by atomic mass is 10.1. The number of hydrogen-bond acceptors (Lipinski definition) is 4. The third kappa shape index (κ3) is 1.83. The van der Waals surface area contributed by atoms with Gasteiger partial charge >= 0.3 is 0 Å². The van der Waals surface area contributed by atoms with Gasteiger partial charge in [0.05, 0.1) is 30.4 Å². The van der Waals surface area contributed by atoms with E-state index >= 15 is 0 Å². The van der Waals surface area contributed by atoms with Crippen molar-refractivity contribution < 1.29 is 0 Å². The molecule has 0 amide bonds. The highest BCUT2D eigenvalue weighted by atomic mass is 32.1. The zero-order valence-electron chi connectivity index (χ0n) is 11.4. The van der Waals surface area contributed by atoms with Crippen molar-refractivity contribution in [3.63, 3.8) is 0 Å². The zero-order chi connectivity index (χ0) is 13.7. The fraction of sp³-hybridized carbons (Fsp3) is 0.250. The summed E-state index contributed by atoms with van der Waals surface area (Å²) >= 11 is 3.60. The quantitative estimate of drug-likeness (QED) is 0.509. The molecule has 0 spiro atoms. The molecule has 100 valence electrons. The van der Waals surface area contributed by atoms with Crippen LogP contribution < -0.4 is 0 Å². The molecule has 0 aliphatic carbocycles. The largest absolute Gasteiger partial charge is 0.241 e. The van der Waals surface area contributed by atoms with Gasteiger partial charge in [-0.25, -0.2) is 9.97 Å². The SMILES string of the molecule is CCc1nc2cc3cc4sc(CC)nc4cc3cc2s1. The van der Waals surface area contributed by atoms with Crippen molar-refractivity contribution in [3.8, 4) is 0 Å². The van der Waals surface area contributed by atoms with Gasteiger partial charge in [0.25, 0.3) is 0 Å². The summed E-state index contributed by atoms with van der Waals surface area (Å²) < 4.78 is 2.55. The number of rotatable bonds is 2. The second-order valence-electron chi connectivity index (χ2n) is 4.91. The highest BCUT2D eigenvalue weighted by Crippen LogP contribution is 2.32. The molecule has 0 saturated carbocycles. The van der Waals surface area contributed by atoms with Crippen LogP contribution in [-0.2, 0) is 12.8 Å². The van der Waals surface area contributed by atoms with Gasteiger partial charge in [-0.2, -0.15) is 0 Å². The number of nitrogens with zero attached hydrogens (tertiary/aromatic N) is 2. The van der Waals surface area contributed by atoms with Gasteiger partial charge in [0.1, 0.15) is 0 Å². The predicted octanol–water partition coefficient (Wildman–Crippen LogP) is 5.18. The summed E-state index contributed by atoms with van der Waals surface area (Å²) in [5.41, 5.74) is 2.25. The second kappa shape index (κ2) is 4.50.